The molecular weight excluding hydrogens is 354 g/mol. The Morgan fingerprint density at radius 2 is 1.32 bits per heavy atom. The molecule has 2 saturated carbocycles. The highest BCUT2D eigenvalue weighted by Gasteiger charge is 2.54. The average molecular weight is 388 g/mol. The molecule has 0 aromatic carbocycles. The van der Waals surface area contributed by atoms with E-state index >= 15 is 0 Å². The van der Waals surface area contributed by atoms with Gasteiger partial charge in [0.1, 0.15) is 0 Å². The number of rotatable bonds is 9. The van der Waals surface area contributed by atoms with Gasteiger partial charge in [-0.2, -0.15) is 0 Å². The first-order valence-corrected chi connectivity index (χ1v) is 10.9. The van der Waals surface area contributed by atoms with E-state index in [4.69, 9.17) is 0 Å². The summed E-state index contributed by atoms with van der Waals surface area (Å²) in [6, 6.07) is 0. The quantitative estimate of drug-likeness (QED) is 0.249. The third-order valence-electron chi connectivity index (χ3n) is 7.33. The van der Waals surface area contributed by atoms with Crippen LogP contribution < -0.4 is 0 Å². The first-order chi connectivity index (χ1) is 13.7. The lowest BCUT2D eigenvalue weighted by Crippen LogP contribution is -2.51. The Balaban J connectivity index is 2.50. The normalized spacial score (nSPS) is 28.7. The minimum absolute atomic E-state index is 0.156. The maximum atomic E-state index is 11.1. The number of nitrogens with zero attached hydrogens (tertiary/aromatic N) is 3. The van der Waals surface area contributed by atoms with E-state index in [-0.39, 0.29) is 10.8 Å². The lowest BCUT2D eigenvalue weighted by atomic mass is 9.51. The zero-order chi connectivity index (χ0) is 20.1. The molecular formula is C22H33N3O3. The fraction of sp³-hybridized carbons (Fsp3) is 0.864. The molecule has 154 valence electrons. The van der Waals surface area contributed by atoms with Crippen molar-refractivity contribution in [2.24, 2.45) is 31.7 Å². The van der Waals surface area contributed by atoms with E-state index in [1.54, 1.807) is 18.2 Å². The summed E-state index contributed by atoms with van der Waals surface area (Å²) < 4.78 is 0. The van der Waals surface area contributed by atoms with Crippen molar-refractivity contribution < 1.29 is 14.4 Å². The number of aliphatic imine (C=N–C) groups is 3. The van der Waals surface area contributed by atoms with Crippen LogP contribution in [0.25, 0.3) is 0 Å². The molecule has 6 nitrogen and oxygen atoms in total. The summed E-state index contributed by atoms with van der Waals surface area (Å²) in [6.45, 7) is 1.33. The highest BCUT2D eigenvalue weighted by atomic mass is 16.1. The van der Waals surface area contributed by atoms with Gasteiger partial charge >= 0.3 is 0 Å². The first kappa shape index (κ1) is 22.4. The van der Waals surface area contributed by atoms with Crippen molar-refractivity contribution in [3.63, 3.8) is 0 Å². The van der Waals surface area contributed by atoms with Gasteiger partial charge in [0.05, 0.1) is 19.6 Å². The largest absolute Gasteiger partial charge is 0.234 e. The summed E-state index contributed by atoms with van der Waals surface area (Å²) in [5.41, 5.74) is -0.370. The summed E-state index contributed by atoms with van der Waals surface area (Å²) >= 11 is 0. The van der Waals surface area contributed by atoms with E-state index < -0.39 is 0 Å². The Morgan fingerprint density at radius 1 is 0.714 bits per heavy atom. The maximum absolute atomic E-state index is 11.1. The summed E-state index contributed by atoms with van der Waals surface area (Å²) in [4.78, 5) is 44.6. The van der Waals surface area contributed by atoms with Gasteiger partial charge in [-0.3, -0.25) is 0 Å². The molecule has 28 heavy (non-hydrogen) atoms. The topological polar surface area (TPSA) is 88.3 Å². The molecule has 0 N–H and O–H groups in total. The van der Waals surface area contributed by atoms with E-state index in [1.165, 1.54) is 25.7 Å². The molecule has 0 spiro atoms. The van der Waals surface area contributed by atoms with E-state index in [0.717, 1.165) is 57.8 Å². The zero-order valence-electron chi connectivity index (χ0n) is 17.0. The van der Waals surface area contributed by atoms with Crippen molar-refractivity contribution in [2.75, 3.05) is 19.6 Å². The van der Waals surface area contributed by atoms with Crippen molar-refractivity contribution in [1.82, 2.24) is 0 Å². The SMILES string of the molecule is O=C=NCCCC1(CN=C=O)CCCCCC1(CN=C=O)C1CCCCCC1. The zero-order valence-corrected chi connectivity index (χ0v) is 17.0. The number of hydrogen-bond donors (Lipinski definition) is 0. The Bertz CT molecular complexity index is 625. The van der Waals surface area contributed by atoms with E-state index in [1.807, 2.05) is 0 Å². The molecule has 2 aliphatic rings. The fourth-order valence-corrected chi connectivity index (χ4v) is 6.03. The van der Waals surface area contributed by atoms with Crippen molar-refractivity contribution in [1.29, 1.82) is 0 Å². The third-order valence-corrected chi connectivity index (χ3v) is 7.33. The second kappa shape index (κ2) is 11.9. The van der Waals surface area contributed by atoms with Crippen LogP contribution in [-0.2, 0) is 14.4 Å². The van der Waals surface area contributed by atoms with Crippen LogP contribution in [-0.4, -0.2) is 37.9 Å². The van der Waals surface area contributed by atoms with Gasteiger partial charge in [-0.25, -0.2) is 29.4 Å². The van der Waals surface area contributed by atoms with Crippen LogP contribution >= 0.6 is 0 Å². The summed E-state index contributed by atoms with van der Waals surface area (Å²) in [5, 5.41) is 0. The lowest BCUT2D eigenvalue weighted by Gasteiger charge is -2.53. The monoisotopic (exact) mass is 387 g/mol. The summed E-state index contributed by atoms with van der Waals surface area (Å²) in [5.74, 6) is 0.474. The van der Waals surface area contributed by atoms with Crippen LogP contribution in [0.3, 0.4) is 0 Å². The second-order valence-electron chi connectivity index (χ2n) is 8.58. The smallest absolute Gasteiger partial charge is 0.211 e. The molecule has 2 unspecified atom stereocenters. The Morgan fingerprint density at radius 3 is 2.00 bits per heavy atom. The van der Waals surface area contributed by atoms with E-state index in [0.29, 0.717) is 25.6 Å². The lowest BCUT2D eigenvalue weighted by molar-refractivity contribution is -0.0326. The molecule has 0 saturated heterocycles. The molecule has 2 aliphatic carbocycles. The van der Waals surface area contributed by atoms with Gasteiger partial charge < -0.3 is 0 Å². The molecule has 0 aliphatic heterocycles. The molecule has 0 aromatic heterocycles. The van der Waals surface area contributed by atoms with Gasteiger partial charge in [-0.15, -0.1) is 0 Å². The molecule has 0 heterocycles. The molecule has 2 fully saturated rings. The van der Waals surface area contributed by atoms with Crippen molar-refractivity contribution >= 4 is 18.2 Å². The minimum Gasteiger partial charge on any atom is -0.211 e. The van der Waals surface area contributed by atoms with Crippen molar-refractivity contribution in [2.45, 2.75) is 83.5 Å². The van der Waals surface area contributed by atoms with Gasteiger partial charge in [0, 0.05) is 5.41 Å². The third kappa shape index (κ3) is 5.35. The average Bonchev–Trinajstić information content (AvgIpc) is 3.09. The maximum Gasteiger partial charge on any atom is 0.234 e. The molecule has 6 heteroatoms. The van der Waals surface area contributed by atoms with Gasteiger partial charge in [0.2, 0.25) is 18.2 Å². The van der Waals surface area contributed by atoms with Gasteiger partial charge in [-0.05, 0) is 49.9 Å². The van der Waals surface area contributed by atoms with Crippen LogP contribution in [0.15, 0.2) is 15.0 Å². The van der Waals surface area contributed by atoms with Crippen molar-refractivity contribution in [3.05, 3.63) is 0 Å². The van der Waals surface area contributed by atoms with Gasteiger partial charge in [0.15, 0.2) is 0 Å². The molecule has 2 rings (SSSR count). The molecule has 0 bridgehead atoms. The molecule has 0 radical (unpaired) electrons. The number of carbonyl (C=O) groups excluding carboxylic acids is 3. The van der Waals surface area contributed by atoms with Crippen LogP contribution in [0.2, 0.25) is 0 Å². The highest BCUT2D eigenvalue weighted by molar-refractivity contribution is 5.34. The van der Waals surface area contributed by atoms with Crippen molar-refractivity contribution in [3.8, 4) is 0 Å². The Kier molecular flexibility index (Phi) is 9.50. The van der Waals surface area contributed by atoms with Gasteiger partial charge in [0.25, 0.3) is 0 Å². The number of hydrogen-bond acceptors (Lipinski definition) is 6. The summed E-state index contributed by atoms with van der Waals surface area (Å²) in [6.07, 6.45) is 19.3. The minimum atomic E-state index is -0.214. The van der Waals surface area contributed by atoms with Crippen LogP contribution in [0.4, 0.5) is 0 Å². The highest BCUT2D eigenvalue weighted by Crippen LogP contribution is 2.59. The number of isocyanates is 3. The second-order valence-corrected chi connectivity index (χ2v) is 8.58. The van der Waals surface area contributed by atoms with Crippen LogP contribution in [0, 0.1) is 16.7 Å². The Hall–Kier alpha value is -1.86. The van der Waals surface area contributed by atoms with Crippen LogP contribution in [0.5, 0.6) is 0 Å². The van der Waals surface area contributed by atoms with Gasteiger partial charge in [-0.1, -0.05) is 44.9 Å². The predicted molar refractivity (Wildman–Crippen MR) is 107 cm³/mol. The molecule has 0 aromatic rings. The van der Waals surface area contributed by atoms with Crippen LogP contribution in [0.1, 0.15) is 83.5 Å². The standard InChI is InChI=1S/C22H33N3O3/c26-17-23-14-8-12-21(15-24-18-27)11-6-3-7-13-22(21,16-25-19-28)20-9-4-1-2-5-10-20/h20H,1-16H2. The fourth-order valence-electron chi connectivity index (χ4n) is 6.03. The van der Waals surface area contributed by atoms with E-state index in [2.05, 4.69) is 15.0 Å². The molecule has 2 atom stereocenters. The predicted octanol–water partition coefficient (Wildman–Crippen LogP) is 4.68. The first-order valence-electron chi connectivity index (χ1n) is 10.9. The van der Waals surface area contributed by atoms with E-state index in [9.17, 15) is 14.4 Å². The Labute approximate surface area is 168 Å². The summed E-state index contributed by atoms with van der Waals surface area (Å²) in [7, 11) is 0. The molecule has 0 amide bonds.